The van der Waals surface area contributed by atoms with Gasteiger partial charge >= 0.3 is 12.4 Å². The fourth-order valence-electron chi connectivity index (χ4n) is 3.06. The van der Waals surface area contributed by atoms with Gasteiger partial charge in [0, 0.05) is 5.33 Å². The molecule has 1 nitrogen and oxygen atoms in total. The largest absolute Gasteiger partial charge is 0.416 e. The minimum absolute atomic E-state index is 0.0743. The number of hydrogen-bond acceptors (Lipinski definition) is 1. The maximum atomic E-state index is 13.1. The third-order valence-corrected chi connectivity index (χ3v) is 5.07. The predicted octanol–water partition coefficient (Wildman–Crippen LogP) is 6.33. The number of aliphatic hydroxyl groups excluding tert-OH is 1. The van der Waals surface area contributed by atoms with E-state index in [9.17, 15) is 31.4 Å². The molecule has 1 atom stereocenters. The monoisotopic (exact) mass is 450 g/mol. The van der Waals surface area contributed by atoms with Crippen LogP contribution in [0.2, 0.25) is 0 Å². The van der Waals surface area contributed by atoms with Crippen molar-refractivity contribution in [3.63, 3.8) is 0 Å². The topological polar surface area (TPSA) is 20.2 Å². The summed E-state index contributed by atoms with van der Waals surface area (Å²) in [6, 6.07) is 7.61. The molecule has 0 aliphatic carbocycles. The lowest BCUT2D eigenvalue weighted by atomic mass is 9.92. The Bertz CT molecular complexity index is 993. The van der Waals surface area contributed by atoms with E-state index in [1.807, 2.05) is 0 Å². The van der Waals surface area contributed by atoms with E-state index in [0.29, 0.717) is 16.3 Å². The van der Waals surface area contributed by atoms with Crippen molar-refractivity contribution in [1.29, 1.82) is 0 Å². The average molecular weight is 451 g/mol. The molecule has 0 unspecified atom stereocenters. The third-order valence-electron chi connectivity index (χ3n) is 4.33. The van der Waals surface area contributed by atoms with Gasteiger partial charge in [0.1, 0.15) is 0 Å². The van der Waals surface area contributed by atoms with Crippen LogP contribution in [0.25, 0.3) is 21.5 Å². The minimum atomic E-state index is -4.62. The van der Waals surface area contributed by atoms with Gasteiger partial charge in [-0.05, 0) is 57.8 Å². The van der Waals surface area contributed by atoms with Crippen molar-refractivity contribution in [1.82, 2.24) is 0 Å². The van der Waals surface area contributed by atoms with Crippen molar-refractivity contribution >= 4 is 37.5 Å². The van der Waals surface area contributed by atoms with Crippen molar-refractivity contribution in [3.8, 4) is 0 Å². The second-order valence-corrected chi connectivity index (χ2v) is 6.89. The van der Waals surface area contributed by atoms with Crippen LogP contribution < -0.4 is 0 Å². The van der Waals surface area contributed by atoms with Gasteiger partial charge in [0.15, 0.2) is 0 Å². The molecule has 0 amide bonds. The average Bonchev–Trinajstić information content (AvgIpc) is 2.59. The first-order chi connectivity index (χ1) is 12.5. The zero-order valence-electron chi connectivity index (χ0n) is 13.6. The molecule has 0 saturated heterocycles. The zero-order chi connectivity index (χ0) is 20.0. The molecule has 1 N–H and O–H groups in total. The zero-order valence-corrected chi connectivity index (χ0v) is 15.2. The second-order valence-electron chi connectivity index (χ2n) is 6.24. The highest BCUT2D eigenvalue weighted by Gasteiger charge is 2.32. The lowest BCUT2D eigenvalue weighted by Crippen LogP contribution is -2.12. The first-order valence-corrected chi connectivity index (χ1v) is 9.00. The van der Waals surface area contributed by atoms with Crippen molar-refractivity contribution in [3.05, 3.63) is 59.2 Å². The van der Waals surface area contributed by atoms with Crippen LogP contribution in [0.15, 0.2) is 42.5 Å². The smallest absolute Gasteiger partial charge is 0.392 e. The maximum absolute atomic E-state index is 13.1. The van der Waals surface area contributed by atoms with Gasteiger partial charge in [-0.25, -0.2) is 0 Å². The summed E-state index contributed by atoms with van der Waals surface area (Å²) in [4.78, 5) is 0. The summed E-state index contributed by atoms with van der Waals surface area (Å²) in [7, 11) is 0. The summed E-state index contributed by atoms with van der Waals surface area (Å²) in [6.07, 6.45) is -9.84. The summed E-state index contributed by atoms with van der Waals surface area (Å²) < 4.78 is 78.6. The Kier molecular flexibility index (Phi) is 5.16. The number of halogens is 7. The Labute approximate surface area is 158 Å². The van der Waals surface area contributed by atoms with E-state index in [2.05, 4.69) is 15.9 Å². The Morgan fingerprint density at radius 2 is 1.33 bits per heavy atom. The molecule has 0 fully saturated rings. The molecule has 3 aromatic rings. The van der Waals surface area contributed by atoms with Crippen LogP contribution in [-0.2, 0) is 18.8 Å². The quantitative estimate of drug-likeness (QED) is 0.281. The molecular weight excluding hydrogens is 438 g/mol. The Hall–Kier alpha value is -1.80. The number of fused-ring (bicyclic) bond motifs is 3. The molecular formula is C19H13BrF6O. The van der Waals surface area contributed by atoms with Crippen molar-refractivity contribution < 1.29 is 31.4 Å². The number of aliphatic hydroxyl groups is 1. The lowest BCUT2D eigenvalue weighted by molar-refractivity contribution is -0.138. The van der Waals surface area contributed by atoms with Gasteiger partial charge in [0.25, 0.3) is 0 Å². The van der Waals surface area contributed by atoms with E-state index in [1.54, 1.807) is 6.07 Å². The molecule has 0 spiro atoms. The molecule has 144 valence electrons. The summed E-state index contributed by atoms with van der Waals surface area (Å²) in [6.45, 7) is 0. The number of alkyl halides is 7. The van der Waals surface area contributed by atoms with Crippen LogP contribution in [0.5, 0.6) is 0 Å². The number of hydrogen-bond donors (Lipinski definition) is 1. The Balaban J connectivity index is 2.36. The van der Waals surface area contributed by atoms with E-state index in [0.717, 1.165) is 24.3 Å². The maximum Gasteiger partial charge on any atom is 0.416 e. The van der Waals surface area contributed by atoms with Crippen LogP contribution in [0.1, 0.15) is 16.7 Å². The minimum Gasteiger partial charge on any atom is -0.392 e. The Morgan fingerprint density at radius 3 is 1.89 bits per heavy atom. The van der Waals surface area contributed by atoms with Crippen molar-refractivity contribution in [2.24, 2.45) is 0 Å². The summed E-state index contributed by atoms with van der Waals surface area (Å²) in [5.74, 6) is 0. The molecule has 0 aromatic heterocycles. The highest BCUT2D eigenvalue weighted by Crippen LogP contribution is 2.38. The highest BCUT2D eigenvalue weighted by atomic mass is 79.9. The first-order valence-electron chi connectivity index (χ1n) is 7.88. The van der Waals surface area contributed by atoms with Crippen LogP contribution in [0, 0.1) is 0 Å². The lowest BCUT2D eigenvalue weighted by Gasteiger charge is -2.16. The Morgan fingerprint density at radius 1 is 0.778 bits per heavy atom. The van der Waals surface area contributed by atoms with Gasteiger partial charge in [-0.1, -0.05) is 34.1 Å². The van der Waals surface area contributed by atoms with Crippen LogP contribution in [0.3, 0.4) is 0 Å². The second kappa shape index (κ2) is 6.98. The molecule has 3 aromatic carbocycles. The summed E-state index contributed by atoms with van der Waals surface area (Å²) >= 11 is 3.13. The van der Waals surface area contributed by atoms with E-state index < -0.39 is 29.6 Å². The standard InChI is InChI=1S/C19H13BrF6O/c20-9-14(27)6-11-5-10-1-2-12(18(21,22)23)7-16(10)17-8-13(19(24,25)26)3-4-15(11)17/h1-5,7-8,14,27H,6,9H2/t14-/m1/s1. The van der Waals surface area contributed by atoms with E-state index in [1.165, 1.54) is 12.1 Å². The van der Waals surface area contributed by atoms with E-state index in [-0.39, 0.29) is 22.5 Å². The molecule has 3 rings (SSSR count). The van der Waals surface area contributed by atoms with Crippen LogP contribution in [0.4, 0.5) is 26.3 Å². The van der Waals surface area contributed by atoms with Gasteiger partial charge in [-0.2, -0.15) is 26.3 Å². The molecule has 0 saturated carbocycles. The molecule has 0 radical (unpaired) electrons. The number of benzene rings is 3. The van der Waals surface area contributed by atoms with Gasteiger partial charge in [-0.3, -0.25) is 0 Å². The molecule has 0 aliphatic rings. The molecule has 27 heavy (non-hydrogen) atoms. The van der Waals surface area contributed by atoms with Gasteiger partial charge in [0.2, 0.25) is 0 Å². The highest BCUT2D eigenvalue weighted by molar-refractivity contribution is 9.09. The fraction of sp³-hybridized carbons (Fsp3) is 0.263. The van der Waals surface area contributed by atoms with Gasteiger partial charge in [-0.15, -0.1) is 0 Å². The van der Waals surface area contributed by atoms with Crippen LogP contribution in [-0.4, -0.2) is 16.5 Å². The van der Waals surface area contributed by atoms with Gasteiger partial charge in [0.05, 0.1) is 17.2 Å². The van der Waals surface area contributed by atoms with Crippen LogP contribution >= 0.6 is 15.9 Å². The molecule has 0 aliphatic heterocycles. The summed E-state index contributed by atoms with van der Waals surface area (Å²) in [5, 5.41) is 11.1. The summed E-state index contributed by atoms with van der Waals surface area (Å²) in [5.41, 5.74) is -1.30. The predicted molar refractivity (Wildman–Crippen MR) is 95.0 cm³/mol. The van der Waals surface area contributed by atoms with E-state index in [4.69, 9.17) is 0 Å². The molecule has 0 bridgehead atoms. The van der Waals surface area contributed by atoms with Crippen molar-refractivity contribution in [2.45, 2.75) is 24.9 Å². The first kappa shape index (κ1) is 19.9. The SMILES string of the molecule is O[C@@H](CBr)Cc1cc2ccc(C(F)(F)F)cc2c2cc(C(F)(F)F)ccc12. The van der Waals surface area contributed by atoms with E-state index >= 15 is 0 Å². The van der Waals surface area contributed by atoms with Gasteiger partial charge < -0.3 is 5.11 Å². The normalized spacial score (nSPS) is 14.1. The molecule has 0 heterocycles. The van der Waals surface area contributed by atoms with Crippen molar-refractivity contribution in [2.75, 3.05) is 5.33 Å². The molecule has 8 heteroatoms. The fourth-order valence-corrected chi connectivity index (χ4v) is 3.29. The third kappa shape index (κ3) is 4.06. The number of rotatable bonds is 3.